The molecular formula is C31H35ClN10O2. The molecule has 3 aromatic heterocycles. The van der Waals surface area contributed by atoms with E-state index in [2.05, 4.69) is 42.7 Å². The average Bonchev–Trinajstić information content (AvgIpc) is 3.59. The third kappa shape index (κ3) is 6.08. The molecule has 0 radical (unpaired) electrons. The zero-order valence-electron chi connectivity index (χ0n) is 25.2. The van der Waals surface area contributed by atoms with Crippen LogP contribution in [0.2, 0.25) is 5.02 Å². The molecule has 1 fully saturated rings. The van der Waals surface area contributed by atoms with Crippen molar-refractivity contribution in [3.05, 3.63) is 76.7 Å². The van der Waals surface area contributed by atoms with Gasteiger partial charge in [-0.2, -0.15) is 9.90 Å². The summed E-state index contributed by atoms with van der Waals surface area (Å²) in [6.07, 6.45) is 3.15. The van der Waals surface area contributed by atoms with Crippen LogP contribution in [0.1, 0.15) is 41.5 Å². The van der Waals surface area contributed by atoms with E-state index in [1.54, 1.807) is 37.3 Å². The van der Waals surface area contributed by atoms with E-state index < -0.39 is 6.04 Å². The van der Waals surface area contributed by atoms with Gasteiger partial charge in [-0.05, 0) is 56.3 Å². The van der Waals surface area contributed by atoms with E-state index in [4.69, 9.17) is 16.6 Å². The molecule has 0 aliphatic carbocycles. The quantitative estimate of drug-likeness (QED) is 0.306. The number of halogens is 1. The van der Waals surface area contributed by atoms with Gasteiger partial charge in [-0.1, -0.05) is 29.8 Å². The minimum atomic E-state index is -0.672. The second-order valence-electron chi connectivity index (χ2n) is 11.3. The van der Waals surface area contributed by atoms with Crippen LogP contribution in [0, 0.1) is 0 Å². The Hall–Kier alpha value is -4.55. The first-order valence-corrected chi connectivity index (χ1v) is 15.0. The highest BCUT2D eigenvalue weighted by molar-refractivity contribution is 6.33. The summed E-state index contributed by atoms with van der Waals surface area (Å²) < 4.78 is 0. The summed E-state index contributed by atoms with van der Waals surface area (Å²) >= 11 is 6.52. The number of benzene rings is 1. The van der Waals surface area contributed by atoms with Crippen molar-refractivity contribution in [2.45, 2.75) is 32.5 Å². The summed E-state index contributed by atoms with van der Waals surface area (Å²) in [5, 5.41) is 14.9. The van der Waals surface area contributed by atoms with Gasteiger partial charge in [-0.25, -0.2) is 9.97 Å². The highest BCUT2D eigenvalue weighted by Gasteiger charge is 2.34. The molecule has 0 spiro atoms. The number of pyridine rings is 2. The van der Waals surface area contributed by atoms with E-state index in [1.165, 1.54) is 4.80 Å². The number of nitrogens with one attached hydrogen (secondary N) is 2. The normalized spacial score (nSPS) is 16.5. The predicted molar refractivity (Wildman–Crippen MR) is 169 cm³/mol. The maximum Gasteiger partial charge on any atom is 0.255 e. The summed E-state index contributed by atoms with van der Waals surface area (Å²) in [7, 11) is 3.85. The van der Waals surface area contributed by atoms with Gasteiger partial charge < -0.3 is 25.3 Å². The fraction of sp³-hybridized carbons (Fsp3) is 0.355. The number of aromatic nitrogens is 5. The molecule has 2 aliphatic heterocycles. The van der Waals surface area contributed by atoms with Gasteiger partial charge >= 0.3 is 0 Å². The monoisotopic (exact) mass is 614 g/mol. The number of carbonyl (C=O) groups excluding carboxylic acids is 2. The number of aryl methyl sites for hydroxylation is 1. The Balaban J connectivity index is 1.13. The number of hydrogen-bond acceptors (Lipinski definition) is 9. The van der Waals surface area contributed by atoms with Crippen LogP contribution < -0.4 is 15.5 Å². The molecule has 1 saturated heterocycles. The Kier molecular flexibility index (Phi) is 8.19. The highest BCUT2D eigenvalue weighted by Crippen LogP contribution is 2.34. The van der Waals surface area contributed by atoms with E-state index in [0.717, 1.165) is 48.8 Å². The van der Waals surface area contributed by atoms with Crippen molar-refractivity contribution in [2.24, 2.45) is 7.05 Å². The van der Waals surface area contributed by atoms with E-state index >= 15 is 0 Å². The van der Waals surface area contributed by atoms with Gasteiger partial charge in [0.1, 0.15) is 17.7 Å². The summed E-state index contributed by atoms with van der Waals surface area (Å²) in [5.41, 5.74) is 3.67. The van der Waals surface area contributed by atoms with Crippen LogP contribution in [-0.2, 0) is 18.4 Å². The molecule has 1 aromatic carbocycles. The van der Waals surface area contributed by atoms with E-state index in [0.29, 0.717) is 34.3 Å². The Bertz CT molecular complexity index is 1700. The highest BCUT2D eigenvalue weighted by atomic mass is 35.5. The van der Waals surface area contributed by atoms with Gasteiger partial charge in [0.15, 0.2) is 5.82 Å². The first kappa shape index (κ1) is 29.5. The maximum atomic E-state index is 13.6. The Morgan fingerprint density at radius 1 is 0.977 bits per heavy atom. The van der Waals surface area contributed by atoms with Crippen molar-refractivity contribution in [3.63, 3.8) is 0 Å². The number of piperazine rings is 1. The molecule has 5 heterocycles. The number of anilines is 3. The standard InChI is InChI=1S/C31H35ClN10O2/c1-19(26-6-5-7-29(36-26)41-12-10-39(3)11-13-41)35-30(43)20(2)42-18-22-9-8-21(14-24(22)31(42)44)23-15-27(33-16-25(23)32)37-28-17-34-40(4)38-28/h5-9,14-17,19-20H,10-13,18H2,1-4H3,(H,35,43)(H,33,37,38)/t19-,20-/m1/s1. The van der Waals surface area contributed by atoms with Crippen molar-refractivity contribution < 1.29 is 9.59 Å². The summed E-state index contributed by atoms with van der Waals surface area (Å²) in [4.78, 5) is 43.7. The largest absolute Gasteiger partial charge is 0.354 e. The lowest BCUT2D eigenvalue weighted by Gasteiger charge is -2.33. The molecule has 13 heteroatoms. The number of likely N-dealkylation sites (N-methyl/N-ethyl adjacent to an activating group) is 1. The van der Waals surface area contributed by atoms with Gasteiger partial charge in [-0.3, -0.25) is 9.59 Å². The minimum Gasteiger partial charge on any atom is -0.354 e. The SMILES string of the molecule is C[C@H](C(=O)N[C@H](C)c1cccc(N2CCN(C)CC2)n1)N1Cc2ccc(-c3cc(Nc4cnn(C)n4)ncc3Cl)cc2C1=O. The zero-order chi connectivity index (χ0) is 31.0. The molecule has 0 unspecified atom stereocenters. The van der Waals surface area contributed by atoms with Gasteiger partial charge in [0.2, 0.25) is 5.91 Å². The molecule has 228 valence electrons. The lowest BCUT2D eigenvalue weighted by Crippen LogP contribution is -2.46. The van der Waals surface area contributed by atoms with Crippen LogP contribution in [-0.4, -0.2) is 85.8 Å². The van der Waals surface area contributed by atoms with Crippen molar-refractivity contribution in [1.29, 1.82) is 0 Å². The Morgan fingerprint density at radius 2 is 1.77 bits per heavy atom. The number of nitrogens with zero attached hydrogens (tertiary/aromatic N) is 8. The lowest BCUT2D eigenvalue weighted by atomic mass is 10.0. The predicted octanol–water partition coefficient (Wildman–Crippen LogP) is 3.64. The molecule has 2 atom stereocenters. The summed E-state index contributed by atoms with van der Waals surface area (Å²) in [6, 6.07) is 12.4. The van der Waals surface area contributed by atoms with Crippen molar-refractivity contribution in [2.75, 3.05) is 43.4 Å². The summed E-state index contributed by atoms with van der Waals surface area (Å²) in [6.45, 7) is 7.82. The second kappa shape index (κ2) is 12.2. The van der Waals surface area contributed by atoms with Crippen LogP contribution in [0.5, 0.6) is 0 Å². The van der Waals surface area contributed by atoms with Crippen molar-refractivity contribution in [3.8, 4) is 11.1 Å². The van der Waals surface area contributed by atoms with Gasteiger partial charge in [0.05, 0.1) is 23.0 Å². The van der Waals surface area contributed by atoms with E-state index in [-0.39, 0.29) is 17.9 Å². The van der Waals surface area contributed by atoms with Gasteiger partial charge in [0, 0.05) is 57.1 Å². The minimum absolute atomic E-state index is 0.199. The Morgan fingerprint density at radius 3 is 2.52 bits per heavy atom. The first-order chi connectivity index (χ1) is 21.2. The number of fused-ring (bicyclic) bond motifs is 1. The van der Waals surface area contributed by atoms with Crippen LogP contribution in [0.25, 0.3) is 11.1 Å². The molecule has 2 aliphatic rings. The number of hydrogen-bond donors (Lipinski definition) is 2. The molecule has 0 bridgehead atoms. The molecule has 44 heavy (non-hydrogen) atoms. The summed E-state index contributed by atoms with van der Waals surface area (Å²) in [5.74, 6) is 1.57. The molecule has 0 saturated carbocycles. The first-order valence-electron chi connectivity index (χ1n) is 14.6. The van der Waals surface area contributed by atoms with Gasteiger partial charge in [-0.15, -0.1) is 5.10 Å². The number of carbonyl (C=O) groups is 2. The fourth-order valence-corrected chi connectivity index (χ4v) is 5.72. The van der Waals surface area contributed by atoms with Crippen LogP contribution >= 0.6 is 11.6 Å². The fourth-order valence-electron chi connectivity index (χ4n) is 5.51. The van der Waals surface area contributed by atoms with Crippen LogP contribution in [0.4, 0.5) is 17.5 Å². The molecule has 2 amide bonds. The molecule has 12 nitrogen and oxygen atoms in total. The van der Waals surface area contributed by atoms with E-state index in [9.17, 15) is 9.59 Å². The van der Waals surface area contributed by atoms with Gasteiger partial charge in [0.25, 0.3) is 5.91 Å². The van der Waals surface area contributed by atoms with Crippen LogP contribution in [0.15, 0.2) is 54.9 Å². The van der Waals surface area contributed by atoms with Crippen molar-refractivity contribution in [1.82, 2.24) is 40.1 Å². The van der Waals surface area contributed by atoms with Crippen LogP contribution in [0.3, 0.4) is 0 Å². The smallest absolute Gasteiger partial charge is 0.255 e. The molecule has 6 rings (SSSR count). The Labute approximate surface area is 261 Å². The maximum absolute atomic E-state index is 13.6. The van der Waals surface area contributed by atoms with Crippen molar-refractivity contribution >= 4 is 40.9 Å². The number of rotatable bonds is 8. The topological polar surface area (TPSA) is 124 Å². The second-order valence-corrected chi connectivity index (χ2v) is 11.7. The molecule has 2 N–H and O–H groups in total. The lowest BCUT2D eigenvalue weighted by molar-refractivity contribution is -0.125. The zero-order valence-corrected chi connectivity index (χ0v) is 25.9. The molecular weight excluding hydrogens is 580 g/mol. The third-order valence-electron chi connectivity index (χ3n) is 8.20. The average molecular weight is 615 g/mol. The molecule has 4 aromatic rings. The number of amides is 2. The van der Waals surface area contributed by atoms with E-state index in [1.807, 2.05) is 43.3 Å². The third-order valence-corrected chi connectivity index (χ3v) is 8.50.